The molecule has 3 nitrogen and oxygen atoms in total. The highest BCUT2D eigenvalue weighted by molar-refractivity contribution is 9.11. The predicted octanol–water partition coefficient (Wildman–Crippen LogP) is 5.03. The number of nitrogens with zero attached hydrogens (tertiary/aromatic N) is 2. The van der Waals surface area contributed by atoms with E-state index >= 15 is 0 Å². The van der Waals surface area contributed by atoms with E-state index in [-0.39, 0.29) is 5.92 Å². The van der Waals surface area contributed by atoms with E-state index in [2.05, 4.69) is 55.7 Å². The van der Waals surface area contributed by atoms with E-state index in [0.29, 0.717) is 16.7 Å². The van der Waals surface area contributed by atoms with Gasteiger partial charge in [-0.1, -0.05) is 41.4 Å². The number of hydrogen-bond donors (Lipinski definition) is 1. The van der Waals surface area contributed by atoms with Crippen LogP contribution >= 0.6 is 43.5 Å². The van der Waals surface area contributed by atoms with Crippen LogP contribution in [0.25, 0.3) is 11.4 Å². The van der Waals surface area contributed by atoms with E-state index in [1.165, 1.54) is 0 Å². The third-order valence-corrected chi connectivity index (χ3v) is 4.24. The van der Waals surface area contributed by atoms with Gasteiger partial charge in [0.05, 0.1) is 15.2 Å². The fourth-order valence-electron chi connectivity index (χ4n) is 1.66. The maximum Gasteiger partial charge on any atom is 0.163 e. The van der Waals surface area contributed by atoms with Gasteiger partial charge in [-0.05, 0) is 40.0 Å². The lowest BCUT2D eigenvalue weighted by Gasteiger charge is -2.12. The van der Waals surface area contributed by atoms with Crippen molar-refractivity contribution in [3.63, 3.8) is 0 Å². The van der Waals surface area contributed by atoms with Gasteiger partial charge in [-0.2, -0.15) is 0 Å². The monoisotopic (exact) mass is 403 g/mol. The minimum atomic E-state index is 0.243. The Hall–Kier alpha value is -0.650. The van der Waals surface area contributed by atoms with Crippen LogP contribution in [0.1, 0.15) is 25.5 Å². The Balaban J connectivity index is 2.63. The number of aromatic nitrogens is 2. The maximum absolute atomic E-state index is 6.23. The molecule has 0 atom stereocenters. The lowest BCUT2D eigenvalue weighted by molar-refractivity contribution is 0.811. The summed E-state index contributed by atoms with van der Waals surface area (Å²) in [5, 5.41) is 0.589. The van der Waals surface area contributed by atoms with Crippen LogP contribution < -0.4 is 5.73 Å². The van der Waals surface area contributed by atoms with Crippen LogP contribution in [-0.4, -0.2) is 9.97 Å². The normalized spacial score (nSPS) is 11.1. The molecule has 100 valence electrons. The molecule has 1 heterocycles. The molecule has 0 aliphatic heterocycles. The summed E-state index contributed by atoms with van der Waals surface area (Å²) in [4.78, 5) is 8.85. The number of benzene rings is 1. The van der Waals surface area contributed by atoms with Crippen molar-refractivity contribution in [3.8, 4) is 11.4 Å². The largest absolute Gasteiger partial charge is 0.383 e. The van der Waals surface area contributed by atoms with Crippen molar-refractivity contribution < 1.29 is 0 Å². The average Bonchev–Trinajstić information content (AvgIpc) is 2.32. The highest BCUT2D eigenvalue weighted by atomic mass is 79.9. The number of anilines is 1. The van der Waals surface area contributed by atoms with E-state index in [9.17, 15) is 0 Å². The van der Waals surface area contributed by atoms with Crippen LogP contribution in [0.15, 0.2) is 27.1 Å². The van der Waals surface area contributed by atoms with Gasteiger partial charge < -0.3 is 5.73 Å². The molecule has 0 bridgehead atoms. The summed E-state index contributed by atoms with van der Waals surface area (Å²) in [6.07, 6.45) is 0. The Morgan fingerprint density at radius 2 is 1.89 bits per heavy atom. The minimum Gasteiger partial charge on any atom is -0.383 e. The van der Waals surface area contributed by atoms with Crippen molar-refractivity contribution in [2.45, 2.75) is 19.8 Å². The zero-order chi connectivity index (χ0) is 14.2. The van der Waals surface area contributed by atoms with E-state index in [1.54, 1.807) is 0 Å². The molecule has 0 aliphatic rings. The van der Waals surface area contributed by atoms with Crippen LogP contribution in [0.5, 0.6) is 0 Å². The van der Waals surface area contributed by atoms with E-state index in [4.69, 9.17) is 17.3 Å². The van der Waals surface area contributed by atoms with Gasteiger partial charge in [0, 0.05) is 10.0 Å². The number of nitrogen functional groups attached to an aromatic ring is 1. The first kappa shape index (κ1) is 14.8. The molecule has 1 aromatic heterocycles. The van der Waals surface area contributed by atoms with Crippen molar-refractivity contribution in [1.82, 2.24) is 9.97 Å². The number of nitrogens with two attached hydrogens (primary N) is 1. The molecule has 0 saturated carbocycles. The molecule has 0 saturated heterocycles. The molecule has 0 spiro atoms. The second-order valence-electron chi connectivity index (χ2n) is 4.41. The Morgan fingerprint density at radius 1 is 1.21 bits per heavy atom. The lowest BCUT2D eigenvalue weighted by Crippen LogP contribution is -2.04. The molecule has 6 heteroatoms. The van der Waals surface area contributed by atoms with Gasteiger partial charge in [0.2, 0.25) is 0 Å². The van der Waals surface area contributed by atoms with Crippen molar-refractivity contribution in [3.05, 3.63) is 37.9 Å². The number of hydrogen-bond acceptors (Lipinski definition) is 3. The van der Waals surface area contributed by atoms with E-state index in [0.717, 1.165) is 20.2 Å². The molecule has 2 aromatic rings. The summed E-state index contributed by atoms with van der Waals surface area (Å²) in [7, 11) is 0. The Bertz CT molecular complexity index is 630. The highest BCUT2D eigenvalue weighted by Crippen LogP contribution is 2.33. The molecule has 19 heavy (non-hydrogen) atoms. The first-order valence-electron chi connectivity index (χ1n) is 5.68. The highest BCUT2D eigenvalue weighted by Gasteiger charge is 2.15. The summed E-state index contributed by atoms with van der Waals surface area (Å²) in [5.74, 6) is 1.21. The molecule has 0 fully saturated rings. The molecular weight excluding hydrogens is 393 g/mol. The van der Waals surface area contributed by atoms with Gasteiger partial charge in [0.15, 0.2) is 5.82 Å². The van der Waals surface area contributed by atoms with Crippen LogP contribution in [0.4, 0.5) is 5.82 Å². The van der Waals surface area contributed by atoms with Gasteiger partial charge in [-0.3, -0.25) is 0 Å². The van der Waals surface area contributed by atoms with Crippen LogP contribution in [-0.2, 0) is 0 Å². The zero-order valence-electron chi connectivity index (χ0n) is 10.4. The first-order valence-corrected chi connectivity index (χ1v) is 7.65. The number of halogens is 3. The van der Waals surface area contributed by atoms with Crippen molar-refractivity contribution in [2.75, 3.05) is 5.73 Å². The first-order chi connectivity index (χ1) is 8.90. The Morgan fingerprint density at radius 3 is 2.47 bits per heavy atom. The maximum atomic E-state index is 6.23. The van der Waals surface area contributed by atoms with Crippen LogP contribution in [0.3, 0.4) is 0 Å². The Labute approximate surface area is 133 Å². The molecule has 1 aromatic carbocycles. The molecule has 2 N–H and O–H groups in total. The van der Waals surface area contributed by atoms with E-state index < -0.39 is 0 Å². The van der Waals surface area contributed by atoms with Gasteiger partial charge in [0.25, 0.3) is 0 Å². The topological polar surface area (TPSA) is 51.8 Å². The van der Waals surface area contributed by atoms with Gasteiger partial charge in [0.1, 0.15) is 5.82 Å². The van der Waals surface area contributed by atoms with Crippen LogP contribution in [0.2, 0.25) is 5.02 Å². The zero-order valence-corrected chi connectivity index (χ0v) is 14.3. The summed E-state index contributed by atoms with van der Waals surface area (Å²) < 4.78 is 1.66. The molecule has 0 radical (unpaired) electrons. The summed E-state index contributed by atoms with van der Waals surface area (Å²) >= 11 is 13.0. The van der Waals surface area contributed by atoms with E-state index in [1.807, 2.05) is 18.2 Å². The Kier molecular flexibility index (Phi) is 4.48. The molecular formula is C13H12Br2ClN3. The van der Waals surface area contributed by atoms with Gasteiger partial charge >= 0.3 is 0 Å². The lowest BCUT2D eigenvalue weighted by atomic mass is 10.1. The predicted molar refractivity (Wildman–Crippen MR) is 86.4 cm³/mol. The van der Waals surface area contributed by atoms with Crippen molar-refractivity contribution >= 4 is 49.3 Å². The summed E-state index contributed by atoms with van der Waals surface area (Å²) in [6.45, 7) is 4.11. The minimum absolute atomic E-state index is 0.243. The third-order valence-electron chi connectivity index (χ3n) is 2.62. The van der Waals surface area contributed by atoms with Crippen molar-refractivity contribution in [2.24, 2.45) is 0 Å². The van der Waals surface area contributed by atoms with Crippen LogP contribution in [0, 0.1) is 0 Å². The summed E-state index contributed by atoms with van der Waals surface area (Å²) in [6, 6.07) is 5.59. The third kappa shape index (κ3) is 3.09. The molecule has 2 rings (SSSR count). The molecule has 0 aliphatic carbocycles. The van der Waals surface area contributed by atoms with Crippen molar-refractivity contribution in [1.29, 1.82) is 0 Å². The van der Waals surface area contributed by atoms with Gasteiger partial charge in [-0.15, -0.1) is 0 Å². The molecule has 0 amide bonds. The summed E-state index contributed by atoms with van der Waals surface area (Å²) in [5.41, 5.74) is 7.57. The smallest absolute Gasteiger partial charge is 0.163 e. The SMILES string of the molecule is CC(C)c1nc(-c2ccc(Br)cc2Cl)nc(N)c1Br. The molecule has 0 unspecified atom stereocenters. The quantitative estimate of drug-likeness (QED) is 0.763. The number of rotatable bonds is 2. The second-order valence-corrected chi connectivity index (χ2v) is 6.53. The standard InChI is InChI=1S/C13H12Br2ClN3/c1-6(2)11-10(15)12(17)19-13(18-11)8-4-3-7(14)5-9(8)16/h3-6H,1-2H3,(H2,17,18,19). The second kappa shape index (κ2) is 5.77. The average molecular weight is 406 g/mol. The van der Waals surface area contributed by atoms with Gasteiger partial charge in [-0.25, -0.2) is 9.97 Å². The fourth-order valence-corrected chi connectivity index (χ4v) is 3.05. The fraction of sp³-hybridized carbons (Fsp3) is 0.231.